The molecule has 20 heavy (non-hydrogen) atoms. The van der Waals surface area contributed by atoms with Gasteiger partial charge in [0.05, 0.1) is 14.2 Å². The number of ether oxygens (including phenoxy) is 2. The van der Waals surface area contributed by atoms with Crippen molar-refractivity contribution in [3.63, 3.8) is 0 Å². The molecular weight excluding hydrogens is 254 g/mol. The average Bonchev–Trinajstić information content (AvgIpc) is 2.95. The molecule has 2 aromatic rings. The molecule has 5 nitrogen and oxygen atoms in total. The minimum absolute atomic E-state index is 0.768. The Bertz CT molecular complexity index is 530. The number of nitrogens with one attached hydrogen (secondary N) is 1. The van der Waals surface area contributed by atoms with Crippen molar-refractivity contribution in [2.45, 2.75) is 13.0 Å². The van der Waals surface area contributed by atoms with Crippen molar-refractivity contribution in [1.82, 2.24) is 14.9 Å². The predicted molar refractivity (Wildman–Crippen MR) is 79.3 cm³/mol. The van der Waals surface area contributed by atoms with Crippen LogP contribution in [0.15, 0.2) is 30.6 Å². The molecule has 0 amide bonds. The molecule has 0 saturated heterocycles. The van der Waals surface area contributed by atoms with Gasteiger partial charge in [0.2, 0.25) is 0 Å². The first-order valence-electron chi connectivity index (χ1n) is 6.67. The first-order valence-corrected chi connectivity index (χ1v) is 6.67. The molecule has 5 heteroatoms. The lowest BCUT2D eigenvalue weighted by atomic mass is 10.2. The second kappa shape index (κ2) is 6.96. The number of rotatable bonds is 7. The number of nitrogens with zero attached hydrogens (tertiary/aromatic N) is 2. The Labute approximate surface area is 119 Å². The van der Waals surface area contributed by atoms with Gasteiger partial charge in [0.25, 0.3) is 0 Å². The first-order chi connectivity index (χ1) is 9.78. The third-order valence-corrected chi connectivity index (χ3v) is 3.15. The maximum absolute atomic E-state index is 5.31. The number of methoxy groups -OCH3 is 2. The van der Waals surface area contributed by atoms with Gasteiger partial charge in [0.15, 0.2) is 0 Å². The molecule has 0 atom stereocenters. The van der Waals surface area contributed by atoms with Crippen molar-refractivity contribution in [1.29, 1.82) is 0 Å². The second-order valence-electron chi connectivity index (χ2n) is 4.50. The standard InChI is InChI=1S/C15H21N3O2/c1-16-5-4-7-18-8-6-17-15(18)12-9-13(19-2)11-14(10-12)20-3/h6,8-11,16H,4-5,7H2,1-3H3. The summed E-state index contributed by atoms with van der Waals surface area (Å²) < 4.78 is 12.8. The smallest absolute Gasteiger partial charge is 0.140 e. The monoisotopic (exact) mass is 275 g/mol. The number of hydrogen-bond acceptors (Lipinski definition) is 4. The molecule has 2 rings (SSSR count). The normalized spacial score (nSPS) is 10.6. The van der Waals surface area contributed by atoms with Gasteiger partial charge in [-0.25, -0.2) is 4.98 Å². The summed E-state index contributed by atoms with van der Waals surface area (Å²) in [7, 11) is 5.26. The second-order valence-corrected chi connectivity index (χ2v) is 4.50. The van der Waals surface area contributed by atoms with Crippen LogP contribution in [0.4, 0.5) is 0 Å². The molecule has 0 fully saturated rings. The lowest BCUT2D eigenvalue weighted by molar-refractivity contribution is 0.394. The summed E-state index contributed by atoms with van der Waals surface area (Å²) >= 11 is 0. The minimum atomic E-state index is 0.768. The Hall–Kier alpha value is -2.01. The van der Waals surface area contributed by atoms with Crippen LogP contribution in [0.2, 0.25) is 0 Å². The van der Waals surface area contributed by atoms with E-state index in [0.717, 1.165) is 42.4 Å². The fourth-order valence-electron chi connectivity index (χ4n) is 2.11. The van der Waals surface area contributed by atoms with Gasteiger partial charge < -0.3 is 19.4 Å². The molecule has 0 aliphatic carbocycles. The van der Waals surface area contributed by atoms with Crippen LogP contribution in [0, 0.1) is 0 Å². The SMILES string of the molecule is CNCCCn1ccnc1-c1cc(OC)cc(OC)c1. The summed E-state index contributed by atoms with van der Waals surface area (Å²) in [6, 6.07) is 5.80. The molecule has 0 radical (unpaired) electrons. The molecule has 0 aliphatic heterocycles. The third kappa shape index (κ3) is 3.30. The van der Waals surface area contributed by atoms with E-state index in [4.69, 9.17) is 9.47 Å². The average molecular weight is 275 g/mol. The van der Waals surface area contributed by atoms with Gasteiger partial charge in [0, 0.05) is 30.6 Å². The summed E-state index contributed by atoms with van der Waals surface area (Å²) in [4.78, 5) is 4.45. The van der Waals surface area contributed by atoms with E-state index in [1.54, 1.807) is 14.2 Å². The number of aromatic nitrogens is 2. The molecule has 0 spiro atoms. The highest BCUT2D eigenvalue weighted by Gasteiger charge is 2.09. The lowest BCUT2D eigenvalue weighted by Crippen LogP contribution is -2.11. The maximum atomic E-state index is 5.31. The largest absolute Gasteiger partial charge is 0.497 e. The molecule has 1 aromatic heterocycles. The molecule has 0 unspecified atom stereocenters. The van der Waals surface area contributed by atoms with Crippen molar-refractivity contribution in [2.24, 2.45) is 0 Å². The Morgan fingerprint density at radius 2 is 1.85 bits per heavy atom. The van der Waals surface area contributed by atoms with E-state index in [2.05, 4.69) is 14.9 Å². The maximum Gasteiger partial charge on any atom is 0.140 e. The van der Waals surface area contributed by atoms with Crippen molar-refractivity contribution >= 4 is 0 Å². The summed E-state index contributed by atoms with van der Waals surface area (Å²) in [6.45, 7) is 1.91. The molecule has 1 heterocycles. The highest BCUT2D eigenvalue weighted by molar-refractivity contribution is 5.61. The van der Waals surface area contributed by atoms with Crippen LogP contribution in [0.1, 0.15) is 6.42 Å². The van der Waals surface area contributed by atoms with Crippen LogP contribution >= 0.6 is 0 Å². The fraction of sp³-hybridized carbons (Fsp3) is 0.400. The lowest BCUT2D eigenvalue weighted by Gasteiger charge is -2.11. The van der Waals surface area contributed by atoms with E-state index in [-0.39, 0.29) is 0 Å². The molecule has 0 aliphatic rings. The minimum Gasteiger partial charge on any atom is -0.497 e. The van der Waals surface area contributed by atoms with Crippen molar-refractivity contribution in [3.8, 4) is 22.9 Å². The Balaban J connectivity index is 2.29. The number of imidazole rings is 1. The van der Waals surface area contributed by atoms with E-state index in [0.29, 0.717) is 0 Å². The first kappa shape index (κ1) is 14.4. The number of benzene rings is 1. The van der Waals surface area contributed by atoms with Crippen LogP contribution in [0.3, 0.4) is 0 Å². The van der Waals surface area contributed by atoms with Crippen LogP contribution < -0.4 is 14.8 Å². The van der Waals surface area contributed by atoms with Crippen LogP contribution in [0.5, 0.6) is 11.5 Å². The van der Waals surface area contributed by atoms with Gasteiger partial charge >= 0.3 is 0 Å². The van der Waals surface area contributed by atoms with Crippen molar-refractivity contribution < 1.29 is 9.47 Å². The van der Waals surface area contributed by atoms with E-state index in [9.17, 15) is 0 Å². The Morgan fingerprint density at radius 3 is 2.45 bits per heavy atom. The highest BCUT2D eigenvalue weighted by Crippen LogP contribution is 2.28. The summed E-state index contributed by atoms with van der Waals surface area (Å²) in [5, 5.41) is 3.15. The van der Waals surface area contributed by atoms with E-state index in [1.165, 1.54) is 0 Å². The van der Waals surface area contributed by atoms with E-state index >= 15 is 0 Å². The predicted octanol–water partition coefficient (Wildman–Crippen LogP) is 2.18. The van der Waals surface area contributed by atoms with Crippen LogP contribution in [-0.4, -0.2) is 37.4 Å². The highest BCUT2D eigenvalue weighted by atomic mass is 16.5. The van der Waals surface area contributed by atoms with E-state index < -0.39 is 0 Å². The molecule has 0 bridgehead atoms. The van der Waals surface area contributed by atoms with Gasteiger partial charge in [-0.2, -0.15) is 0 Å². The van der Waals surface area contributed by atoms with Gasteiger partial charge in [-0.15, -0.1) is 0 Å². The topological polar surface area (TPSA) is 48.3 Å². The molecule has 1 aromatic carbocycles. The Morgan fingerprint density at radius 1 is 1.15 bits per heavy atom. The molecular formula is C15H21N3O2. The zero-order chi connectivity index (χ0) is 14.4. The fourth-order valence-corrected chi connectivity index (χ4v) is 2.11. The van der Waals surface area contributed by atoms with Crippen molar-refractivity contribution in [3.05, 3.63) is 30.6 Å². The summed E-state index contributed by atoms with van der Waals surface area (Å²) in [5.41, 5.74) is 0.996. The third-order valence-electron chi connectivity index (χ3n) is 3.15. The zero-order valence-electron chi connectivity index (χ0n) is 12.2. The number of aryl methyl sites for hydroxylation is 1. The molecule has 0 saturated carbocycles. The van der Waals surface area contributed by atoms with Gasteiger partial charge in [-0.3, -0.25) is 0 Å². The molecule has 108 valence electrons. The Kier molecular flexibility index (Phi) is 5.01. The molecule has 1 N–H and O–H groups in total. The van der Waals surface area contributed by atoms with Gasteiger partial charge in [-0.05, 0) is 32.1 Å². The van der Waals surface area contributed by atoms with E-state index in [1.807, 2.05) is 37.6 Å². The quantitative estimate of drug-likeness (QED) is 0.787. The number of hydrogen-bond donors (Lipinski definition) is 1. The van der Waals surface area contributed by atoms with Crippen molar-refractivity contribution in [2.75, 3.05) is 27.8 Å². The van der Waals surface area contributed by atoms with Crippen LogP contribution in [0.25, 0.3) is 11.4 Å². The van der Waals surface area contributed by atoms with Gasteiger partial charge in [0.1, 0.15) is 17.3 Å². The zero-order valence-corrected chi connectivity index (χ0v) is 12.2. The summed E-state index contributed by atoms with van der Waals surface area (Å²) in [5.74, 6) is 2.46. The van der Waals surface area contributed by atoms with Crippen LogP contribution in [-0.2, 0) is 6.54 Å². The summed E-state index contributed by atoms with van der Waals surface area (Å²) in [6.07, 6.45) is 4.87. The van der Waals surface area contributed by atoms with Gasteiger partial charge in [-0.1, -0.05) is 0 Å².